The van der Waals surface area contributed by atoms with Crippen LogP contribution < -0.4 is 5.32 Å². The molecular weight excluding hydrogens is 211 g/mol. The molecule has 0 aromatic heterocycles. The lowest BCUT2D eigenvalue weighted by Gasteiger charge is -2.17. The number of likely N-dealkylation sites (tertiary alicyclic amines) is 1. The van der Waals surface area contributed by atoms with E-state index in [4.69, 9.17) is 0 Å². The number of rotatable bonds is 2. The molecule has 3 unspecified atom stereocenters. The fraction of sp³-hybridized carbons (Fsp3) is 0.818. The molecule has 5 heteroatoms. The SMILES string of the molecule is CN1CC(C(=O)NC2CCCC2F)CC1=O. The van der Waals surface area contributed by atoms with E-state index < -0.39 is 6.17 Å². The van der Waals surface area contributed by atoms with E-state index in [1.807, 2.05) is 0 Å². The van der Waals surface area contributed by atoms with Gasteiger partial charge in [-0.3, -0.25) is 9.59 Å². The number of alkyl halides is 1. The Balaban J connectivity index is 1.86. The predicted molar refractivity (Wildman–Crippen MR) is 56.4 cm³/mol. The van der Waals surface area contributed by atoms with Gasteiger partial charge in [0.15, 0.2) is 0 Å². The smallest absolute Gasteiger partial charge is 0.225 e. The molecule has 0 spiro atoms. The van der Waals surface area contributed by atoms with E-state index in [9.17, 15) is 14.0 Å². The van der Waals surface area contributed by atoms with Crippen LogP contribution in [0.1, 0.15) is 25.7 Å². The average molecular weight is 228 g/mol. The Morgan fingerprint density at radius 2 is 2.25 bits per heavy atom. The van der Waals surface area contributed by atoms with Gasteiger partial charge in [0, 0.05) is 20.0 Å². The molecule has 2 aliphatic rings. The number of hydrogen-bond donors (Lipinski definition) is 1. The largest absolute Gasteiger partial charge is 0.350 e. The van der Waals surface area contributed by atoms with E-state index in [-0.39, 0.29) is 30.2 Å². The maximum atomic E-state index is 13.3. The van der Waals surface area contributed by atoms with Crippen molar-refractivity contribution in [1.82, 2.24) is 10.2 Å². The first-order valence-corrected chi connectivity index (χ1v) is 5.76. The molecule has 3 atom stereocenters. The number of hydrogen-bond acceptors (Lipinski definition) is 2. The Morgan fingerprint density at radius 1 is 1.50 bits per heavy atom. The third-order valence-corrected chi connectivity index (χ3v) is 3.47. The lowest BCUT2D eigenvalue weighted by Crippen LogP contribution is -2.42. The molecule has 1 aliphatic heterocycles. The molecule has 16 heavy (non-hydrogen) atoms. The summed E-state index contributed by atoms with van der Waals surface area (Å²) in [6.45, 7) is 0.453. The molecule has 0 aromatic carbocycles. The van der Waals surface area contributed by atoms with Gasteiger partial charge in [-0.1, -0.05) is 0 Å². The van der Waals surface area contributed by atoms with Gasteiger partial charge < -0.3 is 10.2 Å². The van der Waals surface area contributed by atoms with Gasteiger partial charge in [-0.15, -0.1) is 0 Å². The summed E-state index contributed by atoms with van der Waals surface area (Å²) >= 11 is 0. The number of carbonyl (C=O) groups is 2. The Bertz CT molecular complexity index is 308. The van der Waals surface area contributed by atoms with Crippen molar-refractivity contribution in [2.24, 2.45) is 5.92 Å². The van der Waals surface area contributed by atoms with Crippen molar-refractivity contribution in [1.29, 1.82) is 0 Å². The summed E-state index contributed by atoms with van der Waals surface area (Å²) < 4.78 is 13.3. The highest BCUT2D eigenvalue weighted by atomic mass is 19.1. The summed E-state index contributed by atoms with van der Waals surface area (Å²) in [5.74, 6) is -0.485. The van der Waals surface area contributed by atoms with Gasteiger partial charge in [0.1, 0.15) is 6.17 Å². The third-order valence-electron chi connectivity index (χ3n) is 3.47. The lowest BCUT2D eigenvalue weighted by molar-refractivity contribution is -0.128. The molecule has 2 rings (SSSR count). The molecule has 2 fully saturated rings. The average Bonchev–Trinajstić information content (AvgIpc) is 2.76. The Labute approximate surface area is 94.2 Å². The van der Waals surface area contributed by atoms with E-state index in [0.717, 1.165) is 6.42 Å². The normalized spacial score (nSPS) is 34.5. The quantitative estimate of drug-likeness (QED) is 0.747. The summed E-state index contributed by atoms with van der Waals surface area (Å²) in [5.41, 5.74) is 0. The Kier molecular flexibility index (Phi) is 3.12. The van der Waals surface area contributed by atoms with E-state index in [1.165, 1.54) is 0 Å². The van der Waals surface area contributed by atoms with Crippen LogP contribution in [0.25, 0.3) is 0 Å². The molecule has 4 nitrogen and oxygen atoms in total. The molecule has 1 N–H and O–H groups in total. The topological polar surface area (TPSA) is 49.4 Å². The Morgan fingerprint density at radius 3 is 2.75 bits per heavy atom. The van der Waals surface area contributed by atoms with Crippen LogP contribution in [0.3, 0.4) is 0 Å². The van der Waals surface area contributed by atoms with Crippen LogP contribution in [0.4, 0.5) is 4.39 Å². The van der Waals surface area contributed by atoms with E-state index in [0.29, 0.717) is 19.4 Å². The van der Waals surface area contributed by atoms with Crippen molar-refractivity contribution >= 4 is 11.8 Å². The molecule has 1 saturated heterocycles. The van der Waals surface area contributed by atoms with Crippen molar-refractivity contribution in [3.8, 4) is 0 Å². The zero-order valence-corrected chi connectivity index (χ0v) is 9.41. The monoisotopic (exact) mass is 228 g/mol. The van der Waals surface area contributed by atoms with Crippen molar-refractivity contribution in [2.75, 3.05) is 13.6 Å². The summed E-state index contributed by atoms with van der Waals surface area (Å²) in [5, 5.41) is 2.72. The molecule has 0 bridgehead atoms. The highest BCUT2D eigenvalue weighted by molar-refractivity contribution is 5.89. The zero-order chi connectivity index (χ0) is 11.7. The Hall–Kier alpha value is -1.13. The number of nitrogens with zero attached hydrogens (tertiary/aromatic N) is 1. The molecule has 2 amide bonds. The summed E-state index contributed by atoms with van der Waals surface area (Å²) in [6, 6.07) is -0.339. The maximum absolute atomic E-state index is 13.3. The molecular formula is C11H17FN2O2. The molecule has 1 heterocycles. The number of nitrogens with one attached hydrogen (secondary N) is 1. The van der Waals surface area contributed by atoms with Crippen molar-refractivity contribution in [2.45, 2.75) is 37.9 Å². The first-order valence-electron chi connectivity index (χ1n) is 5.76. The molecule has 90 valence electrons. The van der Waals surface area contributed by atoms with E-state index in [2.05, 4.69) is 5.32 Å². The van der Waals surface area contributed by atoms with Gasteiger partial charge in [0.2, 0.25) is 11.8 Å². The zero-order valence-electron chi connectivity index (χ0n) is 9.41. The van der Waals surface area contributed by atoms with Crippen molar-refractivity contribution < 1.29 is 14.0 Å². The van der Waals surface area contributed by atoms with E-state index in [1.54, 1.807) is 11.9 Å². The van der Waals surface area contributed by atoms with Crippen molar-refractivity contribution in [3.63, 3.8) is 0 Å². The fourth-order valence-electron chi connectivity index (χ4n) is 2.42. The highest BCUT2D eigenvalue weighted by Crippen LogP contribution is 2.23. The first kappa shape index (κ1) is 11.4. The van der Waals surface area contributed by atoms with Gasteiger partial charge in [-0.2, -0.15) is 0 Å². The van der Waals surface area contributed by atoms with Crippen LogP contribution in [0.2, 0.25) is 0 Å². The summed E-state index contributed by atoms with van der Waals surface area (Å²) in [7, 11) is 1.68. The van der Waals surface area contributed by atoms with Crippen LogP contribution >= 0.6 is 0 Å². The van der Waals surface area contributed by atoms with E-state index >= 15 is 0 Å². The van der Waals surface area contributed by atoms with Crippen LogP contribution in [0.5, 0.6) is 0 Å². The van der Waals surface area contributed by atoms with Gasteiger partial charge in [-0.05, 0) is 19.3 Å². The van der Waals surface area contributed by atoms with Crippen LogP contribution in [0, 0.1) is 5.92 Å². The molecule has 1 saturated carbocycles. The van der Waals surface area contributed by atoms with Crippen LogP contribution in [0.15, 0.2) is 0 Å². The molecule has 0 aromatic rings. The predicted octanol–water partition coefficient (Wildman–Crippen LogP) is 0.471. The summed E-state index contributed by atoms with van der Waals surface area (Å²) in [6.07, 6.45) is 1.42. The first-order chi connectivity index (χ1) is 7.58. The van der Waals surface area contributed by atoms with Gasteiger partial charge in [0.25, 0.3) is 0 Å². The summed E-state index contributed by atoms with van der Waals surface area (Å²) in [4.78, 5) is 24.6. The fourth-order valence-corrected chi connectivity index (χ4v) is 2.42. The number of halogens is 1. The number of carbonyl (C=O) groups excluding carboxylic acids is 2. The second-order valence-corrected chi connectivity index (χ2v) is 4.74. The minimum absolute atomic E-state index is 0.0108. The van der Waals surface area contributed by atoms with Gasteiger partial charge in [0.05, 0.1) is 12.0 Å². The third kappa shape index (κ3) is 2.18. The number of amides is 2. The van der Waals surface area contributed by atoms with Gasteiger partial charge >= 0.3 is 0 Å². The highest BCUT2D eigenvalue weighted by Gasteiger charge is 2.35. The second kappa shape index (κ2) is 4.39. The minimum Gasteiger partial charge on any atom is -0.350 e. The maximum Gasteiger partial charge on any atom is 0.225 e. The van der Waals surface area contributed by atoms with Crippen LogP contribution in [-0.4, -0.2) is 42.5 Å². The molecule has 0 radical (unpaired) electrons. The minimum atomic E-state index is -0.918. The molecule has 1 aliphatic carbocycles. The lowest BCUT2D eigenvalue weighted by atomic mass is 10.1. The van der Waals surface area contributed by atoms with Crippen molar-refractivity contribution in [3.05, 3.63) is 0 Å². The van der Waals surface area contributed by atoms with Gasteiger partial charge in [-0.25, -0.2) is 4.39 Å². The second-order valence-electron chi connectivity index (χ2n) is 4.74. The standard InChI is InChI=1S/C11H17FN2O2/c1-14-6-7(5-10(14)15)11(16)13-9-4-2-3-8(9)12/h7-9H,2-6H2,1H3,(H,13,16). The van der Waals surface area contributed by atoms with Crippen LogP contribution in [-0.2, 0) is 9.59 Å².